The van der Waals surface area contributed by atoms with Crippen molar-refractivity contribution < 1.29 is 13.5 Å². The molecular formula is C12H10Cl2N2O3S. The van der Waals surface area contributed by atoms with Crippen LogP contribution in [0, 0.1) is 6.92 Å². The second kappa shape index (κ2) is 5.47. The van der Waals surface area contributed by atoms with Crippen LogP contribution in [0.25, 0.3) is 0 Å². The van der Waals surface area contributed by atoms with Crippen LogP contribution in [0.15, 0.2) is 35.4 Å². The van der Waals surface area contributed by atoms with Gasteiger partial charge in [0.1, 0.15) is 15.8 Å². The maximum atomic E-state index is 12.1. The van der Waals surface area contributed by atoms with E-state index in [1.165, 1.54) is 24.3 Å². The lowest BCUT2D eigenvalue weighted by molar-refractivity contribution is 0.471. The molecule has 0 radical (unpaired) electrons. The first-order valence-electron chi connectivity index (χ1n) is 5.43. The highest BCUT2D eigenvalue weighted by molar-refractivity contribution is 7.92. The zero-order valence-corrected chi connectivity index (χ0v) is 12.6. The van der Waals surface area contributed by atoms with E-state index < -0.39 is 10.0 Å². The monoisotopic (exact) mass is 332 g/mol. The van der Waals surface area contributed by atoms with Crippen LogP contribution in [0.2, 0.25) is 10.2 Å². The number of hydrogen-bond acceptors (Lipinski definition) is 4. The number of sulfonamides is 1. The Kier molecular flexibility index (Phi) is 4.08. The minimum absolute atomic E-state index is 0.0334. The molecule has 0 atom stereocenters. The van der Waals surface area contributed by atoms with Gasteiger partial charge in [0.05, 0.1) is 5.02 Å². The Balaban J connectivity index is 2.35. The van der Waals surface area contributed by atoms with E-state index in [0.717, 1.165) is 6.20 Å². The molecule has 2 rings (SSSR count). The Morgan fingerprint density at radius 1 is 1.25 bits per heavy atom. The van der Waals surface area contributed by atoms with Gasteiger partial charge in [-0.3, -0.25) is 4.72 Å². The van der Waals surface area contributed by atoms with Crippen LogP contribution in [0.3, 0.4) is 0 Å². The molecule has 2 N–H and O–H groups in total. The second-order valence-electron chi connectivity index (χ2n) is 4.05. The molecule has 1 heterocycles. The summed E-state index contributed by atoms with van der Waals surface area (Å²) in [5, 5.41) is 9.49. The molecule has 0 saturated heterocycles. The summed E-state index contributed by atoms with van der Waals surface area (Å²) in [4.78, 5) is 3.59. The summed E-state index contributed by atoms with van der Waals surface area (Å²) in [7, 11) is -3.82. The molecule has 20 heavy (non-hydrogen) atoms. The van der Waals surface area contributed by atoms with Crippen molar-refractivity contribution in [2.45, 2.75) is 11.8 Å². The predicted molar refractivity (Wildman–Crippen MR) is 77.9 cm³/mol. The van der Waals surface area contributed by atoms with Gasteiger partial charge in [0.15, 0.2) is 0 Å². The topological polar surface area (TPSA) is 79.3 Å². The van der Waals surface area contributed by atoms with E-state index in [9.17, 15) is 13.5 Å². The number of halogens is 2. The summed E-state index contributed by atoms with van der Waals surface area (Å²) in [5.41, 5.74) is 0.879. The van der Waals surface area contributed by atoms with Crippen LogP contribution in [-0.2, 0) is 10.0 Å². The number of rotatable bonds is 3. The van der Waals surface area contributed by atoms with Crippen molar-refractivity contribution in [1.82, 2.24) is 4.98 Å². The Labute approximate surface area is 126 Å². The fraction of sp³-hybridized carbons (Fsp3) is 0.0833. The number of pyridine rings is 1. The number of benzene rings is 1. The van der Waals surface area contributed by atoms with Crippen LogP contribution < -0.4 is 4.72 Å². The molecule has 0 amide bonds. The summed E-state index contributed by atoms with van der Waals surface area (Å²) >= 11 is 11.4. The summed E-state index contributed by atoms with van der Waals surface area (Å²) in [6, 6.07) is 5.58. The highest BCUT2D eigenvalue weighted by Gasteiger charge is 2.16. The fourth-order valence-corrected chi connectivity index (χ4v) is 2.84. The number of anilines is 1. The van der Waals surface area contributed by atoms with E-state index in [0.29, 0.717) is 11.3 Å². The first kappa shape index (κ1) is 14.9. The predicted octanol–water partition coefficient (Wildman–Crippen LogP) is 3.20. The van der Waals surface area contributed by atoms with Crippen molar-refractivity contribution in [1.29, 1.82) is 0 Å². The third-order valence-electron chi connectivity index (χ3n) is 2.53. The zero-order chi connectivity index (χ0) is 14.9. The normalized spacial score (nSPS) is 11.3. The minimum atomic E-state index is -3.82. The smallest absolute Gasteiger partial charge is 0.263 e. The van der Waals surface area contributed by atoms with Crippen molar-refractivity contribution in [3.05, 3.63) is 46.2 Å². The van der Waals surface area contributed by atoms with Gasteiger partial charge >= 0.3 is 0 Å². The molecule has 0 spiro atoms. The molecule has 0 saturated carbocycles. The van der Waals surface area contributed by atoms with E-state index in [1.54, 1.807) is 6.92 Å². The summed E-state index contributed by atoms with van der Waals surface area (Å²) in [6.45, 7) is 1.66. The molecule has 2 aromatic rings. The van der Waals surface area contributed by atoms with Crippen LogP contribution >= 0.6 is 23.2 Å². The van der Waals surface area contributed by atoms with Gasteiger partial charge in [0.2, 0.25) is 0 Å². The summed E-state index contributed by atoms with van der Waals surface area (Å²) in [6.07, 6.45) is 1.11. The molecule has 1 aromatic heterocycles. The number of phenols is 1. The highest BCUT2D eigenvalue weighted by Crippen LogP contribution is 2.25. The number of aromatic hydroxyl groups is 1. The van der Waals surface area contributed by atoms with Crippen LogP contribution in [0.5, 0.6) is 5.75 Å². The van der Waals surface area contributed by atoms with Crippen molar-refractivity contribution in [3.8, 4) is 5.75 Å². The van der Waals surface area contributed by atoms with E-state index >= 15 is 0 Å². The van der Waals surface area contributed by atoms with Gasteiger partial charge in [0, 0.05) is 11.9 Å². The maximum Gasteiger partial charge on any atom is 0.263 e. The molecule has 0 aliphatic rings. The fourth-order valence-electron chi connectivity index (χ4n) is 1.48. The van der Waals surface area contributed by atoms with E-state index in [-0.39, 0.29) is 20.8 Å². The van der Waals surface area contributed by atoms with E-state index in [4.69, 9.17) is 23.2 Å². The van der Waals surface area contributed by atoms with Crippen LogP contribution in [-0.4, -0.2) is 18.5 Å². The average molecular weight is 333 g/mol. The lowest BCUT2D eigenvalue weighted by Crippen LogP contribution is -2.13. The van der Waals surface area contributed by atoms with Crippen molar-refractivity contribution in [3.63, 3.8) is 0 Å². The lowest BCUT2D eigenvalue weighted by atomic mass is 10.2. The van der Waals surface area contributed by atoms with Gasteiger partial charge in [-0.1, -0.05) is 23.2 Å². The van der Waals surface area contributed by atoms with Crippen LogP contribution in [0.1, 0.15) is 5.56 Å². The Morgan fingerprint density at radius 2 is 1.95 bits per heavy atom. The largest absolute Gasteiger partial charge is 0.508 e. The molecule has 0 bridgehead atoms. The van der Waals surface area contributed by atoms with Gasteiger partial charge in [-0.15, -0.1) is 0 Å². The average Bonchev–Trinajstić information content (AvgIpc) is 2.37. The van der Waals surface area contributed by atoms with Gasteiger partial charge in [-0.05, 0) is 36.8 Å². The third kappa shape index (κ3) is 3.15. The maximum absolute atomic E-state index is 12.1. The Morgan fingerprint density at radius 3 is 2.55 bits per heavy atom. The molecule has 1 aromatic carbocycles. The number of aryl methyl sites for hydroxylation is 1. The lowest BCUT2D eigenvalue weighted by Gasteiger charge is -2.09. The molecule has 0 aliphatic heterocycles. The highest BCUT2D eigenvalue weighted by atomic mass is 35.5. The zero-order valence-electron chi connectivity index (χ0n) is 10.3. The van der Waals surface area contributed by atoms with Crippen molar-refractivity contribution >= 4 is 38.9 Å². The number of aromatic nitrogens is 1. The molecular weight excluding hydrogens is 323 g/mol. The van der Waals surface area contributed by atoms with Gasteiger partial charge in [-0.2, -0.15) is 0 Å². The number of nitrogens with one attached hydrogen (secondary N) is 1. The first-order chi connectivity index (χ1) is 9.29. The number of nitrogens with zero attached hydrogens (tertiary/aromatic N) is 1. The molecule has 0 unspecified atom stereocenters. The molecule has 8 heteroatoms. The Hall–Kier alpha value is -1.50. The second-order valence-corrected chi connectivity index (χ2v) is 6.50. The standard InChI is InChI=1S/C12H10Cl2N2O3S/c1-7-4-8(2-3-11(7)17)16-20(18,19)9-5-10(13)12(14)15-6-9/h2-6,16-17H,1H3. The first-order valence-corrected chi connectivity index (χ1v) is 7.67. The van der Waals surface area contributed by atoms with Crippen LogP contribution in [0.4, 0.5) is 5.69 Å². The molecule has 0 aliphatic carbocycles. The quantitative estimate of drug-likeness (QED) is 0.668. The van der Waals surface area contributed by atoms with E-state index in [1.807, 2.05) is 0 Å². The SMILES string of the molecule is Cc1cc(NS(=O)(=O)c2cnc(Cl)c(Cl)c2)ccc1O. The molecule has 0 fully saturated rings. The molecule has 106 valence electrons. The minimum Gasteiger partial charge on any atom is -0.508 e. The molecule has 5 nitrogen and oxygen atoms in total. The van der Waals surface area contributed by atoms with E-state index in [2.05, 4.69) is 9.71 Å². The van der Waals surface area contributed by atoms with Gasteiger partial charge < -0.3 is 5.11 Å². The summed E-state index contributed by atoms with van der Waals surface area (Å²) in [5.74, 6) is 0.0872. The van der Waals surface area contributed by atoms with Gasteiger partial charge in [0.25, 0.3) is 10.0 Å². The van der Waals surface area contributed by atoms with Crippen molar-refractivity contribution in [2.75, 3.05) is 4.72 Å². The number of hydrogen-bond donors (Lipinski definition) is 2. The number of phenolic OH excluding ortho intramolecular Hbond substituents is 1. The van der Waals surface area contributed by atoms with Crippen molar-refractivity contribution in [2.24, 2.45) is 0 Å². The summed E-state index contributed by atoms with van der Waals surface area (Å²) < 4.78 is 26.7. The Bertz CT molecular complexity index is 763. The van der Waals surface area contributed by atoms with Gasteiger partial charge in [-0.25, -0.2) is 13.4 Å². The third-order valence-corrected chi connectivity index (χ3v) is 4.56.